The van der Waals surface area contributed by atoms with Gasteiger partial charge in [-0.3, -0.25) is 9.59 Å². The van der Waals surface area contributed by atoms with Crippen LogP contribution in [0.1, 0.15) is 34.3 Å². The summed E-state index contributed by atoms with van der Waals surface area (Å²) in [4.78, 5) is 26.8. The van der Waals surface area contributed by atoms with E-state index in [1.165, 1.54) is 0 Å². The topological polar surface area (TPSA) is 78.9 Å². The van der Waals surface area contributed by atoms with Crippen molar-refractivity contribution in [2.24, 2.45) is 0 Å². The van der Waals surface area contributed by atoms with Crippen molar-refractivity contribution in [3.63, 3.8) is 0 Å². The molecule has 1 saturated heterocycles. The van der Waals surface area contributed by atoms with Gasteiger partial charge in [0.25, 0.3) is 5.91 Å². The van der Waals surface area contributed by atoms with Crippen molar-refractivity contribution >= 4 is 17.5 Å². The highest BCUT2D eigenvalue weighted by atomic mass is 16.5. The van der Waals surface area contributed by atoms with Gasteiger partial charge >= 0.3 is 0 Å². The average molecular weight is 380 g/mol. The molecule has 2 N–H and O–H groups in total. The summed E-state index contributed by atoms with van der Waals surface area (Å²) in [5.41, 5.74) is 3.52. The van der Waals surface area contributed by atoms with Crippen LogP contribution in [-0.4, -0.2) is 47.6 Å². The number of phenolic OH excluding ortho intramolecular Hbond substituents is 1. The second kappa shape index (κ2) is 8.02. The number of amides is 2. The van der Waals surface area contributed by atoms with Crippen LogP contribution in [-0.2, 0) is 22.4 Å². The number of anilines is 1. The number of fused-ring (bicyclic) bond motifs is 1. The number of carbonyl (C=O) groups is 2. The first-order valence-electron chi connectivity index (χ1n) is 9.69. The molecule has 0 unspecified atom stereocenters. The summed E-state index contributed by atoms with van der Waals surface area (Å²) >= 11 is 0. The number of aryl methyl sites for hydroxylation is 1. The molecule has 2 aromatic rings. The third-order valence-electron chi connectivity index (χ3n) is 5.37. The Morgan fingerprint density at radius 3 is 2.82 bits per heavy atom. The number of carbonyl (C=O) groups excluding carboxylic acids is 2. The van der Waals surface area contributed by atoms with Crippen LogP contribution in [0.3, 0.4) is 0 Å². The zero-order valence-corrected chi connectivity index (χ0v) is 15.7. The summed E-state index contributed by atoms with van der Waals surface area (Å²) in [5.74, 6) is 0.249. The van der Waals surface area contributed by atoms with E-state index in [1.54, 1.807) is 18.2 Å². The largest absolute Gasteiger partial charge is 0.508 e. The van der Waals surface area contributed by atoms with Crippen molar-refractivity contribution in [3.8, 4) is 5.75 Å². The van der Waals surface area contributed by atoms with Gasteiger partial charge in [-0.1, -0.05) is 12.1 Å². The van der Waals surface area contributed by atoms with Crippen molar-refractivity contribution in [1.82, 2.24) is 4.90 Å². The molecular formula is C22H24N2O4. The molecular weight excluding hydrogens is 356 g/mol. The second-order valence-electron chi connectivity index (χ2n) is 7.37. The number of rotatable bonds is 3. The number of aromatic hydroxyl groups is 1. The predicted octanol–water partition coefficient (Wildman–Crippen LogP) is 2.75. The summed E-state index contributed by atoms with van der Waals surface area (Å²) in [5, 5.41) is 12.4. The average Bonchev–Trinajstić information content (AvgIpc) is 2.89. The lowest BCUT2D eigenvalue weighted by Crippen LogP contribution is -2.49. The Morgan fingerprint density at radius 2 is 2.00 bits per heavy atom. The highest BCUT2D eigenvalue weighted by Gasteiger charge is 2.29. The maximum atomic E-state index is 13.2. The first-order valence-corrected chi connectivity index (χ1v) is 9.69. The fourth-order valence-corrected chi connectivity index (χ4v) is 3.87. The van der Waals surface area contributed by atoms with Crippen LogP contribution < -0.4 is 5.32 Å². The molecule has 6 nitrogen and oxygen atoms in total. The van der Waals surface area contributed by atoms with Gasteiger partial charge in [0, 0.05) is 24.2 Å². The fraction of sp³-hybridized carbons (Fsp3) is 0.364. The van der Waals surface area contributed by atoms with Gasteiger partial charge in [0.05, 0.1) is 19.3 Å². The van der Waals surface area contributed by atoms with Gasteiger partial charge in [0.1, 0.15) is 5.75 Å². The molecule has 0 aromatic heterocycles. The molecule has 0 spiro atoms. The molecule has 0 saturated carbocycles. The van der Waals surface area contributed by atoms with E-state index < -0.39 is 0 Å². The number of ether oxygens (including phenoxy) is 1. The molecule has 1 fully saturated rings. The van der Waals surface area contributed by atoms with E-state index in [1.807, 2.05) is 29.2 Å². The van der Waals surface area contributed by atoms with Crippen molar-refractivity contribution in [2.45, 2.75) is 31.7 Å². The Labute approximate surface area is 164 Å². The van der Waals surface area contributed by atoms with Crippen LogP contribution in [0.15, 0.2) is 42.5 Å². The number of hydrogen-bond donors (Lipinski definition) is 2. The Kier molecular flexibility index (Phi) is 5.30. The summed E-state index contributed by atoms with van der Waals surface area (Å²) < 4.78 is 5.62. The minimum atomic E-state index is -0.0516. The van der Waals surface area contributed by atoms with Crippen LogP contribution in [0, 0.1) is 0 Å². The molecule has 1 atom stereocenters. The van der Waals surface area contributed by atoms with Gasteiger partial charge in [-0.15, -0.1) is 0 Å². The van der Waals surface area contributed by atoms with Crippen LogP contribution in [0.25, 0.3) is 0 Å². The molecule has 28 heavy (non-hydrogen) atoms. The first kappa shape index (κ1) is 18.5. The van der Waals surface area contributed by atoms with E-state index >= 15 is 0 Å². The van der Waals surface area contributed by atoms with Crippen molar-refractivity contribution in [2.75, 3.05) is 25.1 Å². The van der Waals surface area contributed by atoms with Gasteiger partial charge in [-0.25, -0.2) is 0 Å². The van der Waals surface area contributed by atoms with E-state index in [0.717, 1.165) is 29.7 Å². The quantitative estimate of drug-likeness (QED) is 0.858. The second-order valence-corrected chi connectivity index (χ2v) is 7.37. The number of phenols is 1. The summed E-state index contributed by atoms with van der Waals surface area (Å²) in [6.07, 6.45) is 2.76. The number of nitrogens with zero attached hydrogens (tertiary/aromatic N) is 1. The van der Waals surface area contributed by atoms with Crippen LogP contribution in [0.5, 0.6) is 5.75 Å². The lowest BCUT2D eigenvalue weighted by Gasteiger charge is -2.36. The number of benzene rings is 2. The maximum Gasteiger partial charge on any atom is 0.254 e. The molecule has 0 radical (unpaired) electrons. The normalized spacial score (nSPS) is 19.5. The van der Waals surface area contributed by atoms with E-state index in [0.29, 0.717) is 38.2 Å². The van der Waals surface area contributed by atoms with Crippen LogP contribution in [0.4, 0.5) is 5.69 Å². The van der Waals surface area contributed by atoms with Gasteiger partial charge in [-0.2, -0.15) is 0 Å². The van der Waals surface area contributed by atoms with Gasteiger partial charge < -0.3 is 20.1 Å². The van der Waals surface area contributed by atoms with Crippen LogP contribution in [0.2, 0.25) is 0 Å². The standard InChI is InChI=1S/C22H24N2O4/c25-19-7-4-15(5-8-19)12-18-14-28-11-10-24(18)22(27)17-6-9-20-16(13-17)2-1-3-21(26)23-20/h4-9,13,18,25H,1-3,10-12,14H2,(H,23,26)/t18-/m1/s1. The molecule has 2 aromatic carbocycles. The fourth-order valence-electron chi connectivity index (χ4n) is 3.87. The highest BCUT2D eigenvalue weighted by molar-refractivity contribution is 5.97. The van der Waals surface area contributed by atoms with E-state index in [9.17, 15) is 14.7 Å². The monoisotopic (exact) mass is 380 g/mol. The molecule has 4 rings (SSSR count). The lowest BCUT2D eigenvalue weighted by molar-refractivity contribution is -0.116. The molecule has 146 valence electrons. The molecule has 6 heteroatoms. The van der Waals surface area contributed by atoms with Crippen LogP contribution >= 0.6 is 0 Å². The Bertz CT molecular complexity index is 879. The first-order chi connectivity index (χ1) is 13.6. The predicted molar refractivity (Wildman–Crippen MR) is 105 cm³/mol. The summed E-state index contributed by atoms with van der Waals surface area (Å²) in [7, 11) is 0. The molecule has 0 bridgehead atoms. The molecule has 2 amide bonds. The summed E-state index contributed by atoms with van der Waals surface area (Å²) in [6, 6.07) is 12.6. The van der Waals surface area contributed by atoms with E-state index in [2.05, 4.69) is 5.32 Å². The van der Waals surface area contributed by atoms with Gasteiger partial charge in [-0.05, 0) is 60.7 Å². The zero-order valence-electron chi connectivity index (χ0n) is 15.7. The van der Waals surface area contributed by atoms with Crippen molar-refractivity contribution in [1.29, 1.82) is 0 Å². The van der Waals surface area contributed by atoms with E-state index in [4.69, 9.17) is 4.74 Å². The SMILES string of the molecule is O=C1CCCc2cc(C(=O)N3CCOC[C@H]3Cc3ccc(O)cc3)ccc2N1. The Balaban J connectivity index is 1.54. The number of hydrogen-bond acceptors (Lipinski definition) is 4. The third-order valence-corrected chi connectivity index (χ3v) is 5.37. The Morgan fingerprint density at radius 1 is 1.18 bits per heavy atom. The smallest absolute Gasteiger partial charge is 0.254 e. The van der Waals surface area contributed by atoms with Crippen molar-refractivity contribution in [3.05, 3.63) is 59.2 Å². The van der Waals surface area contributed by atoms with Crippen molar-refractivity contribution < 1.29 is 19.4 Å². The third kappa shape index (κ3) is 4.02. The Hall–Kier alpha value is -2.86. The maximum absolute atomic E-state index is 13.2. The minimum absolute atomic E-state index is 0.00884. The molecule has 2 aliphatic rings. The molecule has 2 aliphatic heterocycles. The zero-order chi connectivity index (χ0) is 19.5. The number of nitrogens with one attached hydrogen (secondary N) is 1. The van der Waals surface area contributed by atoms with E-state index in [-0.39, 0.29) is 23.6 Å². The lowest BCUT2D eigenvalue weighted by atomic mass is 10.0. The molecule has 0 aliphatic carbocycles. The summed E-state index contributed by atoms with van der Waals surface area (Å²) in [6.45, 7) is 1.57. The number of morpholine rings is 1. The van der Waals surface area contributed by atoms with Gasteiger partial charge in [0.2, 0.25) is 5.91 Å². The molecule has 2 heterocycles. The highest BCUT2D eigenvalue weighted by Crippen LogP contribution is 2.25. The van der Waals surface area contributed by atoms with Gasteiger partial charge in [0.15, 0.2) is 0 Å². The minimum Gasteiger partial charge on any atom is -0.508 e.